The highest BCUT2D eigenvalue weighted by atomic mass is 16.5. The van der Waals surface area contributed by atoms with Crippen LogP contribution in [0.5, 0.6) is 0 Å². The maximum absolute atomic E-state index is 11.8. The summed E-state index contributed by atoms with van der Waals surface area (Å²) in [7, 11) is 0. The maximum Gasteiger partial charge on any atom is 0.290 e. The average molecular weight is 440 g/mol. The molecule has 2 N–H and O–H groups in total. The van der Waals surface area contributed by atoms with Crippen molar-refractivity contribution in [1.82, 2.24) is 24.4 Å². The number of hydrogen-bond donors (Lipinski definition) is 2. The number of likely N-dealkylation sites (tertiary alicyclic amines) is 1. The van der Waals surface area contributed by atoms with Gasteiger partial charge in [0.15, 0.2) is 5.65 Å². The fraction of sp³-hybridized carbons (Fsp3) is 0.435. The summed E-state index contributed by atoms with van der Waals surface area (Å²) in [5.41, 5.74) is 2.26. The molecule has 2 aliphatic heterocycles. The number of aromatic nitrogens is 3. The summed E-state index contributed by atoms with van der Waals surface area (Å²) in [4.78, 5) is 17.5. The van der Waals surface area contributed by atoms with E-state index in [9.17, 15) is 5.11 Å². The molecule has 0 spiro atoms. The molecule has 2 fully saturated rings. The van der Waals surface area contributed by atoms with Crippen LogP contribution in [-0.4, -0.2) is 86.5 Å². The lowest BCUT2D eigenvalue weighted by molar-refractivity contribution is -0.122. The quantitative estimate of drug-likeness (QED) is 0.585. The van der Waals surface area contributed by atoms with E-state index in [1.807, 2.05) is 24.4 Å². The van der Waals surface area contributed by atoms with Crippen molar-refractivity contribution in [2.45, 2.75) is 24.6 Å². The van der Waals surface area contributed by atoms with E-state index in [4.69, 9.17) is 14.6 Å². The van der Waals surface area contributed by atoms with Gasteiger partial charge in [-0.25, -0.2) is 9.50 Å². The van der Waals surface area contributed by atoms with E-state index in [2.05, 4.69) is 44.1 Å². The predicted octanol–water partition coefficient (Wildman–Crippen LogP) is 1.22. The summed E-state index contributed by atoms with van der Waals surface area (Å²) in [5, 5.41) is 22.9. The molecule has 1 aromatic carbocycles. The summed E-state index contributed by atoms with van der Waals surface area (Å²) in [6.45, 7) is 5.44. The highest BCUT2D eigenvalue weighted by molar-refractivity contribution is 5.39. The molecule has 5 rings (SSSR count). The largest absolute Gasteiger partial charge is 0.483 e. The molecule has 4 heterocycles. The Morgan fingerprint density at radius 2 is 1.91 bits per heavy atom. The third-order valence-electron chi connectivity index (χ3n) is 6.30. The number of benzene rings is 1. The first-order chi connectivity index (χ1) is 15.6. The van der Waals surface area contributed by atoms with Crippen molar-refractivity contribution in [3.05, 3.63) is 66.1 Å². The molecule has 3 aromatic rings. The highest BCUT2D eigenvalue weighted by Crippen LogP contribution is 2.36. The van der Waals surface area contributed by atoms with Crippen molar-refractivity contribution in [1.29, 1.82) is 0 Å². The number of carboxylic acid groups (broad SMARTS) is 1. The molecule has 0 bridgehead atoms. The van der Waals surface area contributed by atoms with E-state index in [0.29, 0.717) is 6.42 Å². The van der Waals surface area contributed by atoms with Gasteiger partial charge in [-0.15, -0.1) is 0 Å². The van der Waals surface area contributed by atoms with Gasteiger partial charge < -0.3 is 14.9 Å². The number of nitrogens with zero attached hydrogens (tertiary/aromatic N) is 5. The van der Waals surface area contributed by atoms with E-state index in [-0.39, 0.29) is 12.5 Å². The number of hydrogen-bond acceptors (Lipinski definition) is 7. The van der Waals surface area contributed by atoms with Crippen molar-refractivity contribution in [2.75, 3.05) is 39.4 Å². The molecule has 0 amide bonds. The summed E-state index contributed by atoms with van der Waals surface area (Å²) < 4.78 is 7.35. The summed E-state index contributed by atoms with van der Waals surface area (Å²) in [6.07, 6.45) is 4.25. The van der Waals surface area contributed by atoms with E-state index < -0.39 is 5.60 Å². The summed E-state index contributed by atoms with van der Waals surface area (Å²) >= 11 is 0. The first kappa shape index (κ1) is 22.3. The molecule has 2 saturated heterocycles. The fourth-order valence-electron chi connectivity index (χ4n) is 4.71. The van der Waals surface area contributed by atoms with E-state index in [1.165, 1.54) is 5.56 Å². The Bertz CT molecular complexity index is 1010. The Morgan fingerprint density at radius 3 is 2.66 bits per heavy atom. The molecule has 0 radical (unpaired) electrons. The third kappa shape index (κ3) is 4.81. The topological polar surface area (TPSA) is 103 Å². The van der Waals surface area contributed by atoms with Crippen molar-refractivity contribution < 1.29 is 19.7 Å². The van der Waals surface area contributed by atoms with E-state index in [0.717, 1.165) is 57.1 Å². The number of carbonyl (C=O) groups is 1. The van der Waals surface area contributed by atoms with Gasteiger partial charge in [0.25, 0.3) is 6.47 Å². The summed E-state index contributed by atoms with van der Waals surface area (Å²) in [5.74, 6) is 0. The van der Waals surface area contributed by atoms with Crippen molar-refractivity contribution in [2.24, 2.45) is 0 Å². The minimum Gasteiger partial charge on any atom is -0.483 e. The zero-order chi connectivity index (χ0) is 22.4. The molecule has 9 heteroatoms. The Kier molecular flexibility index (Phi) is 7.11. The van der Waals surface area contributed by atoms with Gasteiger partial charge in [0, 0.05) is 38.9 Å². The van der Waals surface area contributed by atoms with Crippen molar-refractivity contribution >= 4 is 12.1 Å². The normalized spacial score (nSPS) is 24.6. The number of fused-ring (bicyclic) bond motifs is 1. The van der Waals surface area contributed by atoms with Crippen molar-refractivity contribution in [3.63, 3.8) is 0 Å². The van der Waals surface area contributed by atoms with Crippen LogP contribution in [0.25, 0.3) is 5.65 Å². The molecule has 32 heavy (non-hydrogen) atoms. The van der Waals surface area contributed by atoms with Gasteiger partial charge in [0.05, 0.1) is 19.3 Å². The lowest BCUT2D eigenvalue weighted by Gasteiger charge is -2.50. The second-order valence-corrected chi connectivity index (χ2v) is 8.14. The number of ether oxygens (including phenoxy) is 1. The van der Waals surface area contributed by atoms with Crippen LogP contribution in [0.2, 0.25) is 0 Å². The maximum atomic E-state index is 11.8. The Labute approximate surface area is 186 Å². The van der Waals surface area contributed by atoms with E-state index >= 15 is 0 Å². The molecule has 2 aromatic heterocycles. The standard InChI is InChI=1S/C22H27N5O2.CH2O2/c28-22(19-4-2-1-3-5-19)7-9-25(16-20(22)26-10-12-29-13-11-26)15-18-6-8-27-21(14-18)23-17-24-27;2-1-3/h1-6,8,14,17,20,28H,7,9-13,15-16H2;1H,(H,2,3)/t20-,22+;/m1./s1. The van der Waals surface area contributed by atoms with Gasteiger partial charge in [0.2, 0.25) is 0 Å². The zero-order valence-corrected chi connectivity index (χ0v) is 18.0. The minimum atomic E-state index is -0.841. The predicted molar refractivity (Wildman–Crippen MR) is 118 cm³/mol. The number of morpholine rings is 1. The highest BCUT2D eigenvalue weighted by Gasteiger charge is 2.45. The van der Waals surface area contributed by atoms with E-state index in [1.54, 1.807) is 10.8 Å². The van der Waals surface area contributed by atoms with Gasteiger partial charge in [0.1, 0.15) is 11.9 Å². The smallest absolute Gasteiger partial charge is 0.290 e. The van der Waals surface area contributed by atoms with Gasteiger partial charge in [-0.3, -0.25) is 14.6 Å². The van der Waals surface area contributed by atoms with Crippen LogP contribution in [0.15, 0.2) is 55.0 Å². The monoisotopic (exact) mass is 439 g/mol. The van der Waals surface area contributed by atoms with Crippen LogP contribution in [0.4, 0.5) is 0 Å². The Morgan fingerprint density at radius 1 is 1.16 bits per heavy atom. The van der Waals surface area contributed by atoms with Gasteiger partial charge in [-0.2, -0.15) is 5.10 Å². The molecular weight excluding hydrogens is 410 g/mol. The van der Waals surface area contributed by atoms with Crippen LogP contribution in [-0.2, 0) is 21.7 Å². The number of piperidine rings is 1. The number of rotatable bonds is 4. The van der Waals surface area contributed by atoms with Gasteiger partial charge in [-0.05, 0) is 29.7 Å². The summed E-state index contributed by atoms with van der Waals surface area (Å²) in [6, 6.07) is 14.4. The first-order valence-electron chi connectivity index (χ1n) is 10.8. The first-order valence-corrected chi connectivity index (χ1v) is 10.8. The van der Waals surface area contributed by atoms with Crippen LogP contribution in [0.3, 0.4) is 0 Å². The van der Waals surface area contributed by atoms with Crippen molar-refractivity contribution in [3.8, 4) is 0 Å². The lowest BCUT2D eigenvalue weighted by Crippen LogP contribution is -2.62. The molecule has 2 atom stereocenters. The van der Waals surface area contributed by atoms with Gasteiger partial charge in [-0.1, -0.05) is 30.3 Å². The number of pyridine rings is 1. The lowest BCUT2D eigenvalue weighted by atomic mass is 9.79. The molecule has 2 aliphatic rings. The van der Waals surface area contributed by atoms with Crippen LogP contribution in [0, 0.1) is 0 Å². The van der Waals surface area contributed by atoms with Crippen LogP contribution in [0.1, 0.15) is 17.5 Å². The Balaban J connectivity index is 0.000000775. The minimum absolute atomic E-state index is 0.0411. The average Bonchev–Trinajstić information content (AvgIpc) is 3.30. The zero-order valence-electron chi connectivity index (χ0n) is 18.0. The number of aliphatic hydroxyl groups is 1. The molecule has 170 valence electrons. The third-order valence-corrected chi connectivity index (χ3v) is 6.30. The molecular formula is C23H29N5O4. The second kappa shape index (κ2) is 10.2. The second-order valence-electron chi connectivity index (χ2n) is 8.14. The van der Waals surface area contributed by atoms with Crippen LogP contribution >= 0.6 is 0 Å². The molecule has 9 nitrogen and oxygen atoms in total. The molecule has 0 saturated carbocycles. The molecule has 0 aliphatic carbocycles. The van der Waals surface area contributed by atoms with Gasteiger partial charge >= 0.3 is 0 Å². The fourth-order valence-corrected chi connectivity index (χ4v) is 4.71. The SMILES string of the molecule is O=CO.O[C@]1(c2ccccc2)CCN(Cc2ccn3ncnc3c2)C[C@H]1N1CCOCC1. The van der Waals surface area contributed by atoms with Crippen LogP contribution < -0.4 is 0 Å². The Hall–Kier alpha value is -2.85. The molecule has 0 unspecified atom stereocenters.